The van der Waals surface area contributed by atoms with Gasteiger partial charge in [-0.2, -0.15) is 0 Å². The van der Waals surface area contributed by atoms with Crippen molar-refractivity contribution in [2.45, 2.75) is 135 Å². The van der Waals surface area contributed by atoms with Gasteiger partial charge in [0.1, 0.15) is 29.3 Å². The molecule has 1 aromatic carbocycles. The first kappa shape index (κ1) is 44.6. The number of benzene rings is 1. The summed E-state index contributed by atoms with van der Waals surface area (Å²) in [5.74, 6) is -5.04. The third kappa shape index (κ3) is 14.8. The third-order valence-electron chi connectivity index (χ3n) is 8.14. The molecule has 1 heterocycles. The molecular formula is C37H59N7O9. The molecule has 0 aliphatic carbocycles. The van der Waals surface area contributed by atoms with E-state index in [2.05, 4.69) is 21.3 Å². The molecule has 16 heteroatoms. The molecule has 0 radical (unpaired) electrons. The monoisotopic (exact) mass is 745 g/mol. The van der Waals surface area contributed by atoms with Gasteiger partial charge in [-0.25, -0.2) is 4.79 Å². The van der Waals surface area contributed by atoms with Crippen LogP contribution in [-0.2, 0) is 49.6 Å². The van der Waals surface area contributed by atoms with Crippen molar-refractivity contribution in [2.24, 2.45) is 17.4 Å². The van der Waals surface area contributed by atoms with Gasteiger partial charge in [-0.1, -0.05) is 44.2 Å². The lowest BCUT2D eigenvalue weighted by Gasteiger charge is -2.35. The van der Waals surface area contributed by atoms with Gasteiger partial charge in [0.25, 0.3) is 0 Å². The summed E-state index contributed by atoms with van der Waals surface area (Å²) in [5.41, 5.74) is 8.29. The average Bonchev–Trinajstić information content (AvgIpc) is 3.52. The predicted molar refractivity (Wildman–Crippen MR) is 196 cm³/mol. The number of primary amides is 1. The summed E-state index contributed by atoms with van der Waals surface area (Å²) >= 11 is 0. The third-order valence-corrected chi connectivity index (χ3v) is 8.14. The maximum atomic E-state index is 14.0. The number of ether oxygens (including phenoxy) is 2. The van der Waals surface area contributed by atoms with E-state index in [9.17, 15) is 33.6 Å². The van der Waals surface area contributed by atoms with Gasteiger partial charge in [0.15, 0.2) is 6.04 Å². The van der Waals surface area contributed by atoms with Gasteiger partial charge in [0.05, 0.1) is 25.2 Å². The molecular weight excluding hydrogens is 686 g/mol. The number of carbonyl (C=O) groups excluding carboxylic acids is 7. The first-order chi connectivity index (χ1) is 24.4. The lowest BCUT2D eigenvalue weighted by molar-refractivity contribution is -0.161. The number of nitrogens with two attached hydrogens (primary N) is 2. The van der Waals surface area contributed by atoms with Crippen LogP contribution in [0, 0.1) is 5.92 Å². The van der Waals surface area contributed by atoms with Crippen molar-refractivity contribution >= 4 is 41.4 Å². The molecule has 1 saturated heterocycles. The molecule has 296 valence electrons. The molecule has 1 aromatic rings. The Morgan fingerprint density at radius 3 is 2.04 bits per heavy atom. The molecule has 0 unspecified atom stereocenters. The molecule has 1 aliphatic rings. The number of nitrogens with one attached hydrogen (secondary N) is 4. The number of amides is 6. The Morgan fingerprint density at radius 1 is 0.868 bits per heavy atom. The number of carbonyl (C=O) groups is 7. The first-order valence-corrected chi connectivity index (χ1v) is 17.9. The van der Waals surface area contributed by atoms with Crippen molar-refractivity contribution in [1.82, 2.24) is 26.2 Å². The van der Waals surface area contributed by atoms with Crippen molar-refractivity contribution in [3.05, 3.63) is 35.9 Å². The Kier molecular flexibility index (Phi) is 16.0. The first-order valence-electron chi connectivity index (χ1n) is 17.9. The molecule has 0 saturated carbocycles. The van der Waals surface area contributed by atoms with Crippen LogP contribution in [0.3, 0.4) is 0 Å². The molecule has 16 nitrogen and oxygen atoms in total. The van der Waals surface area contributed by atoms with E-state index in [1.165, 1.54) is 32.6 Å². The van der Waals surface area contributed by atoms with Gasteiger partial charge in [-0.3, -0.25) is 28.8 Å². The molecule has 6 amide bonds. The van der Waals surface area contributed by atoms with Crippen LogP contribution in [0.15, 0.2) is 30.3 Å². The predicted octanol–water partition coefficient (Wildman–Crippen LogP) is 0.544. The minimum absolute atomic E-state index is 0.0988. The number of esters is 1. The van der Waals surface area contributed by atoms with Crippen LogP contribution < -0.4 is 32.7 Å². The summed E-state index contributed by atoms with van der Waals surface area (Å²) in [4.78, 5) is 93.4. The number of nitrogens with zero attached hydrogens (tertiary/aromatic N) is 1. The lowest BCUT2D eigenvalue weighted by atomic mass is 9.98. The van der Waals surface area contributed by atoms with Gasteiger partial charge in [-0.15, -0.1) is 0 Å². The van der Waals surface area contributed by atoms with E-state index < -0.39 is 88.7 Å². The molecule has 0 aromatic heterocycles. The molecule has 0 spiro atoms. The van der Waals surface area contributed by atoms with Crippen molar-refractivity contribution in [3.63, 3.8) is 0 Å². The standard InChI is InChI=1S/C37H59N7O9/c1-22(2)18-24(40-29(46)25(19-28(38)45)42-33(50)36(6,7)39)30(47)43-37(8,9)34(51)44-17-13-16-27(44)31(48)41-26(32(49)53-35(3,4)5)21-52-20-23-14-11-10-12-15-23/h10-12,14-15,22,24-27H,13,16-21,39H2,1-9H3,(H2,38,45)(H,40,46)(H,41,48)(H,42,50)(H,43,47)/t24-,25-,26-,27-/m0/s1. The Balaban J connectivity index is 2.20. The largest absolute Gasteiger partial charge is 0.458 e. The minimum atomic E-state index is -1.55. The van der Waals surface area contributed by atoms with E-state index in [0.717, 1.165) is 5.56 Å². The number of likely N-dealkylation sites (tertiary alicyclic amines) is 1. The zero-order valence-electron chi connectivity index (χ0n) is 32.5. The highest BCUT2D eigenvalue weighted by Gasteiger charge is 2.43. The van der Waals surface area contributed by atoms with Crippen LogP contribution in [0.25, 0.3) is 0 Å². The van der Waals surface area contributed by atoms with E-state index in [1.807, 2.05) is 44.2 Å². The molecule has 4 atom stereocenters. The topological polar surface area (TPSA) is 241 Å². The smallest absolute Gasteiger partial charge is 0.331 e. The average molecular weight is 746 g/mol. The van der Waals surface area contributed by atoms with Crippen LogP contribution in [0.1, 0.15) is 93.6 Å². The fourth-order valence-electron chi connectivity index (χ4n) is 5.50. The summed E-state index contributed by atoms with van der Waals surface area (Å²) < 4.78 is 11.3. The Morgan fingerprint density at radius 2 is 1.49 bits per heavy atom. The van der Waals surface area contributed by atoms with Crippen LogP contribution in [0.4, 0.5) is 0 Å². The fourth-order valence-corrected chi connectivity index (χ4v) is 5.50. The number of hydrogen-bond acceptors (Lipinski definition) is 10. The highest BCUT2D eigenvalue weighted by atomic mass is 16.6. The summed E-state index contributed by atoms with van der Waals surface area (Å²) in [6.07, 6.45) is 0.412. The zero-order valence-corrected chi connectivity index (χ0v) is 32.5. The van der Waals surface area contributed by atoms with Gasteiger partial charge < -0.3 is 47.1 Å². The van der Waals surface area contributed by atoms with Crippen molar-refractivity contribution in [1.29, 1.82) is 0 Å². The van der Waals surface area contributed by atoms with Gasteiger partial charge in [0, 0.05) is 6.54 Å². The van der Waals surface area contributed by atoms with E-state index in [0.29, 0.717) is 12.8 Å². The summed E-state index contributed by atoms with van der Waals surface area (Å²) in [6, 6.07) is 4.64. The molecule has 1 aliphatic heterocycles. The highest BCUT2D eigenvalue weighted by Crippen LogP contribution is 2.23. The zero-order chi connectivity index (χ0) is 40.3. The molecule has 2 rings (SSSR count). The lowest BCUT2D eigenvalue weighted by Crippen LogP contribution is -2.63. The summed E-state index contributed by atoms with van der Waals surface area (Å²) in [7, 11) is 0. The van der Waals surface area contributed by atoms with E-state index in [-0.39, 0.29) is 32.1 Å². The second-order valence-electron chi connectivity index (χ2n) is 16.0. The van der Waals surface area contributed by atoms with E-state index in [1.54, 1.807) is 20.8 Å². The fraction of sp³-hybridized carbons (Fsp3) is 0.649. The van der Waals surface area contributed by atoms with Gasteiger partial charge >= 0.3 is 5.97 Å². The van der Waals surface area contributed by atoms with E-state index in [4.69, 9.17) is 20.9 Å². The van der Waals surface area contributed by atoms with E-state index >= 15 is 0 Å². The number of rotatable bonds is 18. The van der Waals surface area contributed by atoms with Crippen LogP contribution in [0.5, 0.6) is 0 Å². The maximum Gasteiger partial charge on any atom is 0.331 e. The quantitative estimate of drug-likeness (QED) is 0.114. The number of hydrogen-bond donors (Lipinski definition) is 6. The summed E-state index contributed by atoms with van der Waals surface area (Å²) in [6.45, 7) is 14.8. The Bertz CT molecular complexity index is 1470. The molecule has 8 N–H and O–H groups in total. The van der Waals surface area contributed by atoms with Crippen molar-refractivity contribution in [3.8, 4) is 0 Å². The second-order valence-corrected chi connectivity index (χ2v) is 16.0. The summed E-state index contributed by atoms with van der Waals surface area (Å²) in [5, 5.41) is 10.4. The van der Waals surface area contributed by atoms with Crippen LogP contribution in [-0.4, -0.2) is 100 Å². The molecule has 53 heavy (non-hydrogen) atoms. The van der Waals surface area contributed by atoms with Crippen molar-refractivity contribution < 1.29 is 43.0 Å². The molecule has 0 bridgehead atoms. The van der Waals surface area contributed by atoms with Crippen LogP contribution in [0.2, 0.25) is 0 Å². The maximum absolute atomic E-state index is 14.0. The van der Waals surface area contributed by atoms with Gasteiger partial charge in [0.2, 0.25) is 35.4 Å². The Labute approximate surface area is 312 Å². The van der Waals surface area contributed by atoms with Crippen molar-refractivity contribution in [2.75, 3.05) is 13.2 Å². The normalized spacial score (nSPS) is 16.6. The SMILES string of the molecule is CC(C)C[C@H](NC(=O)[C@H](CC(N)=O)NC(=O)C(C)(C)N)C(=O)NC(C)(C)C(=O)N1CCC[C@H]1C(=O)N[C@@H](COCc1ccccc1)C(=O)OC(C)(C)C. The second kappa shape index (κ2) is 19.0. The highest BCUT2D eigenvalue weighted by molar-refractivity contribution is 5.99. The Hall–Kier alpha value is -4.57. The molecule has 1 fully saturated rings. The van der Waals surface area contributed by atoms with Gasteiger partial charge in [-0.05, 0) is 79.2 Å². The minimum Gasteiger partial charge on any atom is -0.458 e. The van der Waals surface area contributed by atoms with Crippen LogP contribution >= 0.6 is 0 Å².